The van der Waals surface area contributed by atoms with Gasteiger partial charge in [0, 0.05) is 10.7 Å². The van der Waals surface area contributed by atoms with E-state index in [1.165, 1.54) is 6.20 Å². The number of carbonyl (C=O) groups excluding carboxylic acids is 2. The van der Waals surface area contributed by atoms with Crippen LogP contribution in [-0.2, 0) is 11.3 Å². The van der Waals surface area contributed by atoms with Gasteiger partial charge in [-0.2, -0.15) is 0 Å². The van der Waals surface area contributed by atoms with E-state index in [1.807, 2.05) is 6.92 Å². The zero-order valence-electron chi connectivity index (χ0n) is 15.9. The number of ether oxygens (including phenoxy) is 1. The molecule has 2 aromatic carbocycles. The Bertz CT molecular complexity index is 984. The average molecular weight is 414 g/mol. The maximum Gasteiger partial charge on any atom is 0.411 e. The van der Waals surface area contributed by atoms with E-state index in [-0.39, 0.29) is 18.5 Å². The number of nitrogens with zero attached hydrogens (tertiary/aromatic N) is 1. The number of halogens is 1. The van der Waals surface area contributed by atoms with Gasteiger partial charge >= 0.3 is 12.0 Å². The molecule has 1 atom stereocenters. The van der Waals surface area contributed by atoms with Crippen LogP contribution < -0.4 is 10.6 Å². The van der Waals surface area contributed by atoms with E-state index in [9.17, 15) is 9.59 Å². The molecule has 150 valence electrons. The molecule has 7 nitrogen and oxygen atoms in total. The summed E-state index contributed by atoms with van der Waals surface area (Å²) in [4.78, 5) is 28.0. The number of anilines is 1. The second kappa shape index (κ2) is 9.25. The average Bonchev–Trinajstić information content (AvgIpc) is 3.14. The van der Waals surface area contributed by atoms with E-state index >= 15 is 0 Å². The highest BCUT2D eigenvalue weighted by molar-refractivity contribution is 6.30. The summed E-state index contributed by atoms with van der Waals surface area (Å²) < 4.78 is 10.4. The van der Waals surface area contributed by atoms with Gasteiger partial charge in [0.1, 0.15) is 12.4 Å². The molecule has 0 fully saturated rings. The Morgan fingerprint density at radius 3 is 2.45 bits per heavy atom. The largest absolute Gasteiger partial charge is 0.444 e. The van der Waals surface area contributed by atoms with Crippen molar-refractivity contribution in [3.63, 3.8) is 0 Å². The summed E-state index contributed by atoms with van der Waals surface area (Å²) in [5, 5.41) is 6.10. The summed E-state index contributed by atoms with van der Waals surface area (Å²) >= 11 is 5.83. The van der Waals surface area contributed by atoms with Crippen LogP contribution in [0.5, 0.6) is 0 Å². The number of amides is 2. The number of oxazole rings is 1. The van der Waals surface area contributed by atoms with Gasteiger partial charge in [-0.1, -0.05) is 35.9 Å². The fraction of sp³-hybridized carbons (Fsp3) is 0.190. The van der Waals surface area contributed by atoms with Crippen molar-refractivity contribution in [3.05, 3.63) is 82.5 Å². The van der Waals surface area contributed by atoms with Crippen LogP contribution in [0.3, 0.4) is 0 Å². The first-order chi connectivity index (χ1) is 13.9. The van der Waals surface area contributed by atoms with E-state index in [0.29, 0.717) is 16.5 Å². The Balaban J connectivity index is 1.50. The number of benzene rings is 2. The highest BCUT2D eigenvalue weighted by Crippen LogP contribution is 2.17. The molecule has 3 rings (SSSR count). The van der Waals surface area contributed by atoms with Crippen molar-refractivity contribution in [2.75, 3.05) is 5.32 Å². The Labute approximate surface area is 173 Å². The van der Waals surface area contributed by atoms with Gasteiger partial charge in [0.25, 0.3) is 5.89 Å². The summed E-state index contributed by atoms with van der Waals surface area (Å²) in [5.41, 5.74) is 2.28. The minimum Gasteiger partial charge on any atom is -0.444 e. The molecule has 0 saturated carbocycles. The summed E-state index contributed by atoms with van der Waals surface area (Å²) in [6.45, 7) is 3.71. The second-order valence-corrected chi connectivity index (χ2v) is 6.86. The quantitative estimate of drug-likeness (QED) is 0.600. The fourth-order valence-electron chi connectivity index (χ4n) is 2.54. The molecular weight excluding hydrogens is 394 g/mol. The van der Waals surface area contributed by atoms with Crippen LogP contribution in [-0.4, -0.2) is 17.0 Å². The molecule has 1 aromatic heterocycles. The third kappa shape index (κ3) is 5.83. The zero-order valence-corrected chi connectivity index (χ0v) is 16.7. The maximum absolute atomic E-state index is 12.1. The standard InChI is InChI=1S/C21H20ClN3O4/c1-13-11-23-20(29-13)19(26)24-14(2)16-5-9-18(10-6-16)25-21(27)28-12-15-3-7-17(22)8-4-15/h3-11,14H,12H2,1-2H3,(H,24,26)(H,25,27)/t14-/m0/s1. The van der Waals surface area contributed by atoms with Crippen LogP contribution in [0.15, 0.2) is 59.1 Å². The van der Waals surface area contributed by atoms with Crippen LogP contribution >= 0.6 is 11.6 Å². The van der Waals surface area contributed by atoms with Crippen LogP contribution in [0.1, 0.15) is 40.5 Å². The third-order valence-electron chi connectivity index (χ3n) is 4.10. The van der Waals surface area contributed by atoms with E-state index in [0.717, 1.165) is 11.1 Å². The third-order valence-corrected chi connectivity index (χ3v) is 4.36. The minimum atomic E-state index is -0.562. The molecule has 2 N–H and O–H groups in total. The van der Waals surface area contributed by atoms with E-state index in [4.69, 9.17) is 20.8 Å². The Morgan fingerprint density at radius 1 is 1.14 bits per heavy atom. The van der Waals surface area contributed by atoms with E-state index in [2.05, 4.69) is 15.6 Å². The van der Waals surface area contributed by atoms with Gasteiger partial charge < -0.3 is 14.5 Å². The first kappa shape index (κ1) is 20.4. The molecule has 1 heterocycles. The number of aromatic nitrogens is 1. The highest BCUT2D eigenvalue weighted by Gasteiger charge is 2.16. The molecule has 0 aliphatic rings. The van der Waals surface area contributed by atoms with Gasteiger partial charge in [0.15, 0.2) is 0 Å². The number of aryl methyl sites for hydroxylation is 1. The lowest BCUT2D eigenvalue weighted by Crippen LogP contribution is -2.26. The van der Waals surface area contributed by atoms with Crippen molar-refractivity contribution in [2.24, 2.45) is 0 Å². The molecule has 8 heteroatoms. The second-order valence-electron chi connectivity index (χ2n) is 6.42. The van der Waals surface area contributed by atoms with Crippen LogP contribution in [0.4, 0.5) is 10.5 Å². The lowest BCUT2D eigenvalue weighted by atomic mass is 10.1. The Morgan fingerprint density at radius 2 is 1.83 bits per heavy atom. The van der Waals surface area contributed by atoms with Gasteiger partial charge in [-0.25, -0.2) is 9.78 Å². The summed E-state index contributed by atoms with van der Waals surface area (Å²) in [6.07, 6.45) is 0.930. The molecule has 0 saturated heterocycles. The van der Waals surface area contributed by atoms with Crippen molar-refractivity contribution in [2.45, 2.75) is 26.5 Å². The molecule has 0 aliphatic heterocycles. The summed E-state index contributed by atoms with van der Waals surface area (Å²) in [5.74, 6) is 0.204. The lowest BCUT2D eigenvalue weighted by molar-refractivity contribution is 0.0903. The monoisotopic (exact) mass is 413 g/mol. The van der Waals surface area contributed by atoms with Crippen molar-refractivity contribution in [1.82, 2.24) is 10.3 Å². The highest BCUT2D eigenvalue weighted by atomic mass is 35.5. The predicted molar refractivity (Wildman–Crippen MR) is 109 cm³/mol. The number of nitrogens with one attached hydrogen (secondary N) is 2. The molecule has 3 aromatic rings. The van der Waals surface area contributed by atoms with E-state index in [1.54, 1.807) is 55.5 Å². The van der Waals surface area contributed by atoms with Crippen molar-refractivity contribution in [1.29, 1.82) is 0 Å². The molecule has 29 heavy (non-hydrogen) atoms. The van der Waals surface area contributed by atoms with Crippen molar-refractivity contribution >= 4 is 29.3 Å². The zero-order chi connectivity index (χ0) is 20.8. The molecule has 2 amide bonds. The van der Waals surface area contributed by atoms with Crippen LogP contribution in [0.2, 0.25) is 5.02 Å². The molecule has 0 unspecified atom stereocenters. The first-order valence-corrected chi connectivity index (χ1v) is 9.30. The molecular formula is C21H20ClN3O4. The number of hydrogen-bond donors (Lipinski definition) is 2. The SMILES string of the molecule is Cc1cnc(C(=O)N[C@@H](C)c2ccc(NC(=O)OCc3ccc(Cl)cc3)cc2)o1. The van der Waals surface area contributed by atoms with Crippen molar-refractivity contribution in [3.8, 4) is 0 Å². The van der Waals surface area contributed by atoms with Gasteiger partial charge in [0.2, 0.25) is 0 Å². The van der Waals surface area contributed by atoms with E-state index < -0.39 is 12.0 Å². The normalized spacial score (nSPS) is 11.6. The Hall–Kier alpha value is -3.32. The minimum absolute atomic E-state index is 0.0241. The van der Waals surface area contributed by atoms with Gasteiger partial charge in [-0.15, -0.1) is 0 Å². The van der Waals surface area contributed by atoms with Gasteiger partial charge in [-0.3, -0.25) is 10.1 Å². The predicted octanol–water partition coefficient (Wildman–Crippen LogP) is 4.88. The lowest BCUT2D eigenvalue weighted by Gasteiger charge is -2.14. The number of carbonyl (C=O) groups is 2. The maximum atomic E-state index is 12.1. The fourth-order valence-corrected chi connectivity index (χ4v) is 2.67. The van der Waals surface area contributed by atoms with Gasteiger partial charge in [0.05, 0.1) is 12.2 Å². The number of hydrogen-bond acceptors (Lipinski definition) is 5. The summed E-state index contributed by atoms with van der Waals surface area (Å²) in [7, 11) is 0. The van der Waals surface area contributed by atoms with Crippen LogP contribution in [0, 0.1) is 6.92 Å². The molecule has 0 spiro atoms. The molecule has 0 aliphatic carbocycles. The number of rotatable bonds is 6. The van der Waals surface area contributed by atoms with Crippen molar-refractivity contribution < 1.29 is 18.7 Å². The molecule has 0 radical (unpaired) electrons. The summed E-state index contributed by atoms with van der Waals surface area (Å²) in [6, 6.07) is 13.9. The molecule has 0 bridgehead atoms. The van der Waals surface area contributed by atoms with Gasteiger partial charge in [-0.05, 0) is 49.2 Å². The topological polar surface area (TPSA) is 93.5 Å². The smallest absolute Gasteiger partial charge is 0.411 e. The first-order valence-electron chi connectivity index (χ1n) is 8.92. The van der Waals surface area contributed by atoms with Crippen LogP contribution in [0.25, 0.3) is 0 Å². The Kier molecular flexibility index (Phi) is 6.51.